The highest BCUT2D eigenvalue weighted by Crippen LogP contribution is 2.49. The number of halogens is 4. The number of pyridine rings is 1. The van der Waals surface area contributed by atoms with Gasteiger partial charge in [-0.1, -0.05) is 6.07 Å². The zero-order valence-electron chi connectivity index (χ0n) is 20.0. The first-order valence-corrected chi connectivity index (χ1v) is 11.8. The smallest absolute Gasteiger partial charge is 0.258 e. The third-order valence-electron chi connectivity index (χ3n) is 7.04. The van der Waals surface area contributed by atoms with Gasteiger partial charge in [-0.3, -0.25) is 4.79 Å². The molecule has 0 radical (unpaired) electrons. The summed E-state index contributed by atoms with van der Waals surface area (Å²) >= 11 is 0. The maximum atomic E-state index is 16.2. The fraction of sp³-hybridized carbons (Fsp3) is 0.385. The van der Waals surface area contributed by atoms with Crippen LogP contribution in [0.5, 0.6) is 5.75 Å². The first-order chi connectivity index (χ1) is 17.6. The van der Waals surface area contributed by atoms with Gasteiger partial charge in [0.05, 0.1) is 30.1 Å². The minimum Gasteiger partial charge on any atom is -0.495 e. The van der Waals surface area contributed by atoms with Gasteiger partial charge in [0, 0.05) is 49.7 Å². The zero-order chi connectivity index (χ0) is 26.4. The number of alkyl halides is 3. The molecule has 2 aliphatic rings. The average Bonchev–Trinajstić information content (AvgIpc) is 3.33. The van der Waals surface area contributed by atoms with Crippen LogP contribution in [-0.4, -0.2) is 45.1 Å². The zero-order valence-corrected chi connectivity index (χ0v) is 20.0. The van der Waals surface area contributed by atoms with Crippen LogP contribution in [-0.2, 0) is 18.6 Å². The minimum absolute atomic E-state index is 0.0409. The van der Waals surface area contributed by atoms with Gasteiger partial charge in [-0.15, -0.1) is 0 Å². The van der Waals surface area contributed by atoms with Gasteiger partial charge in [-0.2, -0.15) is 10.4 Å². The van der Waals surface area contributed by atoms with Gasteiger partial charge in [-0.25, -0.2) is 27.2 Å². The normalized spacial score (nSPS) is 18.1. The molecule has 7 nitrogen and oxygen atoms in total. The molecular formula is C26H23F4N5O2. The van der Waals surface area contributed by atoms with Crippen LogP contribution < -0.4 is 4.74 Å². The van der Waals surface area contributed by atoms with E-state index in [1.165, 1.54) is 41.0 Å². The van der Waals surface area contributed by atoms with Gasteiger partial charge < -0.3 is 9.64 Å². The Kier molecular flexibility index (Phi) is 6.14. The van der Waals surface area contributed by atoms with Crippen molar-refractivity contribution in [2.24, 2.45) is 0 Å². The van der Waals surface area contributed by atoms with Crippen molar-refractivity contribution in [2.45, 2.75) is 50.2 Å². The summed E-state index contributed by atoms with van der Waals surface area (Å²) in [5, 5.41) is 14.1. The van der Waals surface area contributed by atoms with Crippen LogP contribution in [0, 0.1) is 17.1 Å². The predicted octanol–water partition coefficient (Wildman–Crippen LogP) is 4.86. The van der Waals surface area contributed by atoms with Gasteiger partial charge >= 0.3 is 0 Å². The molecule has 192 valence electrons. The number of hydrogen-bond acceptors (Lipinski definition) is 5. The summed E-state index contributed by atoms with van der Waals surface area (Å²) in [6, 6.07) is 7.40. The summed E-state index contributed by atoms with van der Waals surface area (Å²) in [5.74, 6) is -3.66. The van der Waals surface area contributed by atoms with Crippen LogP contribution in [0.1, 0.15) is 58.4 Å². The summed E-state index contributed by atoms with van der Waals surface area (Å²) < 4.78 is 63.9. The van der Waals surface area contributed by atoms with Crippen molar-refractivity contribution in [2.75, 3.05) is 13.7 Å². The molecule has 0 unspecified atom stereocenters. The Morgan fingerprint density at radius 2 is 1.89 bits per heavy atom. The molecular weight excluding hydrogens is 490 g/mol. The molecule has 11 heteroatoms. The van der Waals surface area contributed by atoms with Crippen molar-refractivity contribution < 1.29 is 27.1 Å². The van der Waals surface area contributed by atoms with E-state index in [4.69, 9.17) is 4.74 Å². The Labute approximate surface area is 210 Å². The maximum Gasteiger partial charge on any atom is 0.258 e. The van der Waals surface area contributed by atoms with E-state index in [0.717, 1.165) is 17.5 Å². The highest BCUT2D eigenvalue weighted by molar-refractivity contribution is 5.99. The van der Waals surface area contributed by atoms with E-state index in [2.05, 4.69) is 10.1 Å². The summed E-state index contributed by atoms with van der Waals surface area (Å²) in [6.07, 6.45) is 1.01. The summed E-state index contributed by atoms with van der Waals surface area (Å²) in [5.41, 5.74) is -0.799. The lowest BCUT2D eigenvalue weighted by molar-refractivity contribution is -0.0776. The van der Waals surface area contributed by atoms with Crippen LogP contribution in [0.25, 0.3) is 5.82 Å². The molecule has 1 fully saturated rings. The first-order valence-electron chi connectivity index (χ1n) is 11.8. The number of amides is 1. The van der Waals surface area contributed by atoms with E-state index < -0.39 is 49.0 Å². The molecule has 3 aromatic rings. The molecule has 3 heterocycles. The molecule has 0 bridgehead atoms. The average molecular weight is 513 g/mol. The van der Waals surface area contributed by atoms with Gasteiger partial charge in [0.2, 0.25) is 5.92 Å². The lowest BCUT2D eigenvalue weighted by Gasteiger charge is -2.36. The van der Waals surface area contributed by atoms with Crippen molar-refractivity contribution in [1.82, 2.24) is 19.7 Å². The molecule has 1 aromatic carbocycles. The Morgan fingerprint density at radius 3 is 2.54 bits per heavy atom. The second-order valence-corrected chi connectivity index (χ2v) is 9.36. The third-order valence-corrected chi connectivity index (χ3v) is 7.04. The largest absolute Gasteiger partial charge is 0.495 e. The molecule has 2 aromatic heterocycles. The number of carbonyl (C=O) groups is 1. The Morgan fingerprint density at radius 1 is 1.14 bits per heavy atom. The molecule has 0 spiro atoms. The summed E-state index contributed by atoms with van der Waals surface area (Å²) in [7, 11) is 1.28. The molecule has 1 amide bonds. The number of ether oxygens (including phenoxy) is 1. The van der Waals surface area contributed by atoms with Gasteiger partial charge in [0.25, 0.3) is 5.91 Å². The highest BCUT2D eigenvalue weighted by Gasteiger charge is 2.47. The second-order valence-electron chi connectivity index (χ2n) is 9.36. The molecule has 5 rings (SSSR count). The quantitative estimate of drug-likeness (QED) is 0.466. The van der Waals surface area contributed by atoms with Gasteiger partial charge in [0.15, 0.2) is 5.82 Å². The van der Waals surface area contributed by atoms with Crippen LogP contribution in [0.4, 0.5) is 17.6 Å². The maximum absolute atomic E-state index is 16.2. The van der Waals surface area contributed by atoms with Gasteiger partial charge in [0.1, 0.15) is 23.3 Å². The molecule has 1 saturated carbocycles. The number of aromatic nitrogens is 3. The number of nitriles is 1. The number of fused-ring (bicyclic) bond motifs is 1. The van der Waals surface area contributed by atoms with E-state index in [0.29, 0.717) is 12.2 Å². The summed E-state index contributed by atoms with van der Waals surface area (Å²) in [4.78, 5) is 19.4. The molecule has 0 N–H and O–H groups in total. The highest BCUT2D eigenvalue weighted by atomic mass is 19.3. The van der Waals surface area contributed by atoms with Gasteiger partial charge in [-0.05, 0) is 31.0 Å². The van der Waals surface area contributed by atoms with Crippen molar-refractivity contribution in [3.63, 3.8) is 0 Å². The van der Waals surface area contributed by atoms with Crippen molar-refractivity contribution in [1.29, 1.82) is 5.26 Å². The third kappa shape index (κ3) is 4.52. The molecule has 1 aliphatic heterocycles. The van der Waals surface area contributed by atoms with Crippen LogP contribution in [0.3, 0.4) is 0 Å². The fourth-order valence-corrected chi connectivity index (χ4v) is 5.02. The molecule has 37 heavy (non-hydrogen) atoms. The predicted molar refractivity (Wildman–Crippen MR) is 124 cm³/mol. The van der Waals surface area contributed by atoms with E-state index in [1.54, 1.807) is 6.20 Å². The number of rotatable bonds is 4. The fourth-order valence-electron chi connectivity index (χ4n) is 5.02. The number of methoxy groups -OCH3 is 1. The SMILES string of the molecule is COc1c(C#N)ccc(C2(F)CCC(F)(F)CC2)c1C(=O)N1CCc2nn(-c3ccc(F)cn3)cc2C1. The molecule has 0 saturated heterocycles. The number of benzene rings is 1. The number of nitrogens with zero attached hydrogens (tertiary/aromatic N) is 5. The molecule has 1 aliphatic carbocycles. The Bertz CT molecular complexity index is 1390. The monoisotopic (exact) mass is 513 g/mol. The van der Waals surface area contributed by atoms with E-state index in [-0.39, 0.29) is 35.5 Å². The minimum atomic E-state index is -2.96. The van der Waals surface area contributed by atoms with Crippen LogP contribution in [0.15, 0.2) is 36.7 Å². The second kappa shape index (κ2) is 9.18. The number of hydrogen-bond donors (Lipinski definition) is 0. The topological polar surface area (TPSA) is 84.0 Å². The van der Waals surface area contributed by atoms with Crippen molar-refractivity contribution >= 4 is 5.91 Å². The van der Waals surface area contributed by atoms with Crippen LogP contribution in [0.2, 0.25) is 0 Å². The van der Waals surface area contributed by atoms with E-state index in [1.807, 2.05) is 6.07 Å². The number of carbonyl (C=O) groups excluding carboxylic acids is 1. The Hall–Kier alpha value is -3.94. The standard InChI is InChI=1S/C26H23F4N5O2/c1-37-23-16(12-31)2-4-19(25(28)7-9-26(29,30)10-8-25)22(23)24(36)34-11-6-20-17(14-34)15-35(33-20)21-5-3-18(27)13-32-21/h2-5,13,15H,6-11,14H2,1H3. The van der Waals surface area contributed by atoms with Crippen LogP contribution >= 0.6 is 0 Å². The lowest BCUT2D eigenvalue weighted by Crippen LogP contribution is -2.39. The van der Waals surface area contributed by atoms with E-state index in [9.17, 15) is 23.2 Å². The Balaban J connectivity index is 1.49. The van der Waals surface area contributed by atoms with Crippen molar-refractivity contribution in [3.05, 3.63) is 70.4 Å². The van der Waals surface area contributed by atoms with Crippen molar-refractivity contribution in [3.8, 4) is 17.6 Å². The summed E-state index contributed by atoms with van der Waals surface area (Å²) in [6.45, 7) is 0.405. The first kappa shape index (κ1) is 24.7. The molecule has 0 atom stereocenters. The lowest BCUT2D eigenvalue weighted by atomic mass is 9.77. The van der Waals surface area contributed by atoms with E-state index >= 15 is 4.39 Å².